The van der Waals surface area contributed by atoms with Gasteiger partial charge in [0.05, 0.1) is 10.6 Å². The van der Waals surface area contributed by atoms with Gasteiger partial charge in [0.1, 0.15) is 13.2 Å². The normalized spacial score (nSPS) is 15.2. The summed E-state index contributed by atoms with van der Waals surface area (Å²) in [4.78, 5) is 0.131. The van der Waals surface area contributed by atoms with Crippen molar-refractivity contribution < 1.29 is 27.4 Å². The highest BCUT2D eigenvalue weighted by atomic mass is 32.2. The summed E-state index contributed by atoms with van der Waals surface area (Å²) in [5.41, 5.74) is 0.481. The standard InChI is InChI=1S/C16H15NO6S/c1-17(11-2-4-14-15(8-11)23-10-22-14)24(18,19)12-3-5-13-16(9-12)21-7-6-20-13/h2-5,8-9H,6-7,10H2,1H3. The van der Waals surface area contributed by atoms with Crippen molar-refractivity contribution in [2.45, 2.75) is 4.90 Å². The molecule has 0 atom stereocenters. The molecule has 0 bridgehead atoms. The summed E-state index contributed by atoms with van der Waals surface area (Å²) in [6, 6.07) is 9.59. The first-order chi connectivity index (χ1) is 11.6. The van der Waals surface area contributed by atoms with Gasteiger partial charge >= 0.3 is 0 Å². The molecule has 0 aromatic heterocycles. The highest BCUT2D eigenvalue weighted by Crippen LogP contribution is 2.37. The lowest BCUT2D eigenvalue weighted by atomic mass is 10.3. The van der Waals surface area contributed by atoms with E-state index in [0.717, 1.165) is 0 Å². The van der Waals surface area contributed by atoms with Crippen molar-refractivity contribution in [1.82, 2.24) is 0 Å². The fourth-order valence-electron chi connectivity index (χ4n) is 2.56. The number of hydrogen-bond acceptors (Lipinski definition) is 6. The molecule has 2 aliphatic heterocycles. The van der Waals surface area contributed by atoms with E-state index in [0.29, 0.717) is 41.9 Å². The molecule has 0 aliphatic carbocycles. The molecular formula is C16H15NO6S. The second-order valence-electron chi connectivity index (χ2n) is 5.32. The van der Waals surface area contributed by atoms with Crippen molar-refractivity contribution in [2.75, 3.05) is 31.4 Å². The zero-order valence-electron chi connectivity index (χ0n) is 12.9. The summed E-state index contributed by atoms with van der Waals surface area (Å²) in [6.07, 6.45) is 0. The number of benzene rings is 2. The summed E-state index contributed by atoms with van der Waals surface area (Å²) in [7, 11) is -2.25. The number of ether oxygens (including phenoxy) is 4. The van der Waals surface area contributed by atoms with Gasteiger partial charge in [0.2, 0.25) is 6.79 Å². The second-order valence-corrected chi connectivity index (χ2v) is 7.28. The van der Waals surface area contributed by atoms with Crippen LogP contribution >= 0.6 is 0 Å². The Balaban J connectivity index is 1.69. The predicted molar refractivity (Wildman–Crippen MR) is 85.6 cm³/mol. The minimum atomic E-state index is -3.74. The van der Waals surface area contributed by atoms with Crippen LogP contribution < -0.4 is 23.3 Å². The zero-order chi connectivity index (χ0) is 16.7. The van der Waals surface area contributed by atoms with Crippen molar-refractivity contribution in [3.63, 3.8) is 0 Å². The molecule has 2 heterocycles. The van der Waals surface area contributed by atoms with Gasteiger partial charge in [-0.2, -0.15) is 0 Å². The molecule has 0 unspecified atom stereocenters. The highest BCUT2D eigenvalue weighted by molar-refractivity contribution is 7.92. The first kappa shape index (κ1) is 14.9. The van der Waals surface area contributed by atoms with E-state index >= 15 is 0 Å². The van der Waals surface area contributed by atoms with Gasteiger partial charge in [-0.25, -0.2) is 8.42 Å². The highest BCUT2D eigenvalue weighted by Gasteiger charge is 2.25. The lowest BCUT2D eigenvalue weighted by Crippen LogP contribution is -2.26. The third-order valence-corrected chi connectivity index (χ3v) is 5.67. The largest absolute Gasteiger partial charge is 0.486 e. The van der Waals surface area contributed by atoms with Crippen molar-refractivity contribution in [3.05, 3.63) is 36.4 Å². The van der Waals surface area contributed by atoms with E-state index in [1.54, 1.807) is 24.3 Å². The molecule has 2 aliphatic rings. The Morgan fingerprint density at radius 1 is 0.833 bits per heavy atom. The molecule has 0 radical (unpaired) electrons. The molecule has 8 heteroatoms. The lowest BCUT2D eigenvalue weighted by Gasteiger charge is -2.22. The molecule has 2 aromatic rings. The minimum absolute atomic E-state index is 0.131. The van der Waals surface area contributed by atoms with E-state index in [9.17, 15) is 8.42 Å². The van der Waals surface area contributed by atoms with Gasteiger partial charge in [-0.1, -0.05) is 0 Å². The number of sulfonamides is 1. The molecule has 0 saturated carbocycles. The fourth-order valence-corrected chi connectivity index (χ4v) is 3.77. The van der Waals surface area contributed by atoms with Crippen LogP contribution in [0.4, 0.5) is 5.69 Å². The van der Waals surface area contributed by atoms with E-state index in [4.69, 9.17) is 18.9 Å². The topological polar surface area (TPSA) is 74.3 Å². The molecule has 0 fully saturated rings. The Morgan fingerprint density at radius 3 is 2.29 bits per heavy atom. The van der Waals surface area contributed by atoms with Crippen LogP contribution in [0.3, 0.4) is 0 Å². The van der Waals surface area contributed by atoms with Crippen LogP contribution in [0.5, 0.6) is 23.0 Å². The van der Waals surface area contributed by atoms with Gasteiger partial charge in [0.25, 0.3) is 10.0 Å². The zero-order valence-corrected chi connectivity index (χ0v) is 13.7. The van der Waals surface area contributed by atoms with Crippen LogP contribution in [-0.2, 0) is 10.0 Å². The van der Waals surface area contributed by atoms with E-state index < -0.39 is 10.0 Å². The van der Waals surface area contributed by atoms with Crippen LogP contribution in [0.2, 0.25) is 0 Å². The molecule has 0 saturated heterocycles. The third-order valence-electron chi connectivity index (χ3n) is 3.89. The Morgan fingerprint density at radius 2 is 1.46 bits per heavy atom. The molecule has 0 N–H and O–H groups in total. The number of nitrogens with zero attached hydrogens (tertiary/aromatic N) is 1. The average molecular weight is 349 g/mol. The third kappa shape index (κ3) is 2.39. The number of hydrogen-bond donors (Lipinski definition) is 0. The van der Waals surface area contributed by atoms with E-state index in [2.05, 4.69) is 0 Å². The lowest BCUT2D eigenvalue weighted by molar-refractivity contribution is 0.171. The summed E-state index contributed by atoms with van der Waals surface area (Å²) >= 11 is 0. The second kappa shape index (κ2) is 5.48. The smallest absolute Gasteiger partial charge is 0.264 e. The number of rotatable bonds is 3. The van der Waals surface area contributed by atoms with Crippen molar-refractivity contribution >= 4 is 15.7 Å². The molecular weight excluding hydrogens is 334 g/mol. The van der Waals surface area contributed by atoms with Gasteiger partial charge in [-0.3, -0.25) is 4.31 Å². The SMILES string of the molecule is CN(c1ccc2c(c1)OCO2)S(=O)(=O)c1ccc2c(c1)OCCO2. The van der Waals surface area contributed by atoms with E-state index in [-0.39, 0.29) is 11.7 Å². The van der Waals surface area contributed by atoms with E-state index in [1.807, 2.05) is 0 Å². The van der Waals surface area contributed by atoms with Crippen LogP contribution in [0.15, 0.2) is 41.3 Å². The van der Waals surface area contributed by atoms with Crippen LogP contribution in [-0.4, -0.2) is 35.5 Å². The Bertz CT molecular complexity index is 895. The number of anilines is 1. The van der Waals surface area contributed by atoms with Gasteiger partial charge in [-0.15, -0.1) is 0 Å². The average Bonchev–Trinajstić information content (AvgIpc) is 3.08. The minimum Gasteiger partial charge on any atom is -0.486 e. The van der Waals surface area contributed by atoms with E-state index in [1.165, 1.54) is 23.5 Å². The fraction of sp³-hybridized carbons (Fsp3) is 0.250. The summed E-state index contributed by atoms with van der Waals surface area (Å²) in [6.45, 7) is 0.988. The first-order valence-electron chi connectivity index (χ1n) is 7.34. The van der Waals surface area contributed by atoms with Crippen LogP contribution in [0, 0.1) is 0 Å². The summed E-state index contributed by atoms with van der Waals surface area (Å²) < 4.78 is 48.4. The summed E-state index contributed by atoms with van der Waals surface area (Å²) in [5.74, 6) is 2.10. The van der Waals surface area contributed by atoms with Crippen LogP contribution in [0.1, 0.15) is 0 Å². The van der Waals surface area contributed by atoms with Crippen molar-refractivity contribution in [3.8, 4) is 23.0 Å². The maximum absolute atomic E-state index is 12.9. The molecule has 0 spiro atoms. The Labute approximate surface area is 139 Å². The van der Waals surface area contributed by atoms with Gasteiger partial charge in [0, 0.05) is 19.2 Å². The predicted octanol–water partition coefficient (Wildman–Crippen LogP) is 2.01. The maximum Gasteiger partial charge on any atom is 0.264 e. The Hall–Kier alpha value is -2.61. The van der Waals surface area contributed by atoms with Gasteiger partial charge in [0.15, 0.2) is 23.0 Å². The maximum atomic E-state index is 12.9. The monoisotopic (exact) mass is 349 g/mol. The molecule has 4 rings (SSSR count). The van der Waals surface area contributed by atoms with Gasteiger partial charge in [-0.05, 0) is 24.3 Å². The Kier molecular flexibility index (Phi) is 3.42. The summed E-state index contributed by atoms with van der Waals surface area (Å²) in [5, 5.41) is 0. The quantitative estimate of drug-likeness (QED) is 0.844. The van der Waals surface area contributed by atoms with Gasteiger partial charge < -0.3 is 18.9 Å². The molecule has 0 amide bonds. The van der Waals surface area contributed by atoms with Crippen molar-refractivity contribution in [2.24, 2.45) is 0 Å². The first-order valence-corrected chi connectivity index (χ1v) is 8.78. The molecule has 2 aromatic carbocycles. The molecule has 24 heavy (non-hydrogen) atoms. The molecule has 7 nitrogen and oxygen atoms in total. The van der Waals surface area contributed by atoms with Crippen LogP contribution in [0.25, 0.3) is 0 Å². The van der Waals surface area contributed by atoms with Crippen molar-refractivity contribution in [1.29, 1.82) is 0 Å². The molecule has 126 valence electrons. The number of fused-ring (bicyclic) bond motifs is 2.